The molecule has 0 N–H and O–H groups in total. The molecule has 1 rings (SSSR count). The Morgan fingerprint density at radius 2 is 1.92 bits per heavy atom. The van der Waals surface area contributed by atoms with Crippen LogP contribution in [-0.4, -0.2) is 43.0 Å². The van der Waals surface area contributed by atoms with E-state index in [1.807, 2.05) is 7.05 Å². The molecule has 0 radical (unpaired) electrons. The first-order valence-electron chi connectivity index (χ1n) is 4.39. The maximum absolute atomic E-state index is 8.66. The molecular weight excluding hydrogens is 150 g/mol. The van der Waals surface area contributed by atoms with E-state index >= 15 is 0 Å². The molecule has 0 aromatic heterocycles. The highest BCUT2D eigenvalue weighted by atomic mass is 15.2. The van der Waals surface area contributed by atoms with Crippen LogP contribution in [0.15, 0.2) is 0 Å². The van der Waals surface area contributed by atoms with Gasteiger partial charge in [-0.25, -0.2) is 0 Å². The quantitative estimate of drug-likeness (QED) is 0.462. The van der Waals surface area contributed by atoms with Crippen LogP contribution in [0.5, 0.6) is 0 Å². The lowest BCUT2D eigenvalue weighted by Crippen LogP contribution is -2.55. The third-order valence-corrected chi connectivity index (χ3v) is 2.94. The maximum Gasteiger partial charge on any atom is 0.179 e. The molecule has 0 atom stereocenters. The second kappa shape index (κ2) is 3.32. The van der Waals surface area contributed by atoms with Crippen LogP contribution in [0.3, 0.4) is 0 Å². The summed E-state index contributed by atoms with van der Waals surface area (Å²) in [6.07, 6.45) is 5.91. The van der Waals surface area contributed by atoms with E-state index in [0.29, 0.717) is 0 Å². The van der Waals surface area contributed by atoms with Crippen molar-refractivity contribution in [1.29, 1.82) is 5.26 Å². The molecule has 0 aromatic rings. The number of likely N-dealkylation sites (N-methyl/N-ethyl adjacent to an activating group) is 2. The maximum atomic E-state index is 8.66. The van der Waals surface area contributed by atoms with E-state index in [-0.39, 0.29) is 5.54 Å². The molecule has 1 saturated carbocycles. The first-order chi connectivity index (χ1) is 5.60. The van der Waals surface area contributed by atoms with E-state index < -0.39 is 0 Å². The Labute approximate surface area is 74.6 Å². The van der Waals surface area contributed by atoms with Gasteiger partial charge in [-0.05, 0) is 33.4 Å². The second-order valence-corrected chi connectivity index (χ2v) is 3.93. The zero-order valence-electron chi connectivity index (χ0n) is 8.17. The van der Waals surface area contributed by atoms with Gasteiger partial charge in [-0.3, -0.25) is 0 Å². The van der Waals surface area contributed by atoms with Crippen LogP contribution in [0.2, 0.25) is 0 Å². The Morgan fingerprint density at radius 1 is 1.33 bits per heavy atom. The summed E-state index contributed by atoms with van der Waals surface area (Å²) in [4.78, 5) is 3.98. The van der Waals surface area contributed by atoms with Gasteiger partial charge in [0.05, 0.1) is 0 Å². The van der Waals surface area contributed by atoms with E-state index in [4.69, 9.17) is 5.26 Å². The van der Waals surface area contributed by atoms with Crippen molar-refractivity contribution in [2.75, 3.05) is 27.7 Å². The molecule has 0 aliphatic heterocycles. The number of hydrogen-bond acceptors (Lipinski definition) is 3. The van der Waals surface area contributed by atoms with Crippen molar-refractivity contribution in [3.63, 3.8) is 0 Å². The summed E-state index contributed by atoms with van der Waals surface area (Å²) in [5.41, 5.74) is 0.282. The van der Waals surface area contributed by atoms with Crippen molar-refractivity contribution in [3.05, 3.63) is 0 Å². The summed E-state index contributed by atoms with van der Waals surface area (Å²) in [6.45, 7) is 0.872. The Bertz CT molecular complexity index is 188. The first-order valence-corrected chi connectivity index (χ1v) is 4.39. The molecule has 0 bridgehead atoms. The number of nitrogens with zero attached hydrogens (tertiary/aromatic N) is 3. The first kappa shape index (κ1) is 9.34. The van der Waals surface area contributed by atoms with Gasteiger partial charge in [-0.1, -0.05) is 0 Å². The standard InChI is InChI=1S/C9H17N3/c1-11(2)9(5-4-6-9)7-12(3)8-10/h4-7H2,1-3H3. The van der Waals surface area contributed by atoms with Crippen molar-refractivity contribution in [2.24, 2.45) is 0 Å². The van der Waals surface area contributed by atoms with E-state index in [1.54, 1.807) is 4.90 Å². The molecule has 1 aliphatic carbocycles. The highest BCUT2D eigenvalue weighted by Gasteiger charge is 2.39. The lowest BCUT2D eigenvalue weighted by atomic mass is 9.75. The average Bonchev–Trinajstić information content (AvgIpc) is 1.95. The van der Waals surface area contributed by atoms with E-state index in [9.17, 15) is 0 Å². The molecule has 1 fully saturated rings. The molecule has 0 aromatic carbocycles. The molecule has 0 unspecified atom stereocenters. The van der Waals surface area contributed by atoms with Crippen LogP contribution in [-0.2, 0) is 0 Å². The minimum atomic E-state index is 0.282. The topological polar surface area (TPSA) is 30.3 Å². The fourth-order valence-corrected chi connectivity index (χ4v) is 1.81. The normalized spacial score (nSPS) is 19.9. The van der Waals surface area contributed by atoms with Gasteiger partial charge in [0.1, 0.15) is 0 Å². The molecule has 3 nitrogen and oxygen atoms in total. The van der Waals surface area contributed by atoms with Gasteiger partial charge in [0, 0.05) is 19.1 Å². The van der Waals surface area contributed by atoms with Gasteiger partial charge in [-0.15, -0.1) is 0 Å². The number of nitriles is 1. The average molecular weight is 167 g/mol. The molecule has 0 saturated heterocycles. The zero-order valence-corrected chi connectivity index (χ0v) is 8.17. The highest BCUT2D eigenvalue weighted by molar-refractivity contribution is 4.99. The van der Waals surface area contributed by atoms with Crippen LogP contribution in [0.1, 0.15) is 19.3 Å². The lowest BCUT2D eigenvalue weighted by molar-refractivity contribution is 0.0405. The minimum absolute atomic E-state index is 0.282. The van der Waals surface area contributed by atoms with Crippen LogP contribution >= 0.6 is 0 Å². The molecule has 3 heteroatoms. The summed E-state index contributed by atoms with van der Waals surface area (Å²) in [7, 11) is 6.05. The van der Waals surface area contributed by atoms with Crippen LogP contribution in [0.25, 0.3) is 0 Å². The van der Waals surface area contributed by atoms with Crippen LogP contribution < -0.4 is 0 Å². The third kappa shape index (κ3) is 1.54. The van der Waals surface area contributed by atoms with Crippen molar-refractivity contribution in [3.8, 4) is 6.19 Å². The molecule has 1 aliphatic rings. The summed E-state index contributed by atoms with van der Waals surface area (Å²) in [6, 6.07) is 0. The fraction of sp³-hybridized carbons (Fsp3) is 0.889. The molecule has 0 spiro atoms. The molecule has 12 heavy (non-hydrogen) atoms. The van der Waals surface area contributed by atoms with E-state index in [0.717, 1.165) is 6.54 Å². The van der Waals surface area contributed by atoms with Gasteiger partial charge in [-0.2, -0.15) is 5.26 Å². The largest absolute Gasteiger partial charge is 0.312 e. The number of hydrogen-bond donors (Lipinski definition) is 0. The monoisotopic (exact) mass is 167 g/mol. The Morgan fingerprint density at radius 3 is 2.17 bits per heavy atom. The highest BCUT2D eigenvalue weighted by Crippen LogP contribution is 2.36. The summed E-state index contributed by atoms with van der Waals surface area (Å²) in [5, 5.41) is 8.66. The predicted octanol–water partition coefficient (Wildman–Crippen LogP) is 0.884. The Balaban J connectivity index is 2.52. The van der Waals surface area contributed by atoms with E-state index in [2.05, 4.69) is 25.2 Å². The molecule has 0 heterocycles. The van der Waals surface area contributed by atoms with Gasteiger partial charge >= 0.3 is 0 Å². The molecule has 0 amide bonds. The zero-order chi connectivity index (χ0) is 9.19. The molecular formula is C9H17N3. The summed E-state index contributed by atoms with van der Waals surface area (Å²) >= 11 is 0. The number of rotatable bonds is 3. The fourth-order valence-electron chi connectivity index (χ4n) is 1.81. The second-order valence-electron chi connectivity index (χ2n) is 3.93. The summed E-state index contributed by atoms with van der Waals surface area (Å²) < 4.78 is 0. The van der Waals surface area contributed by atoms with E-state index in [1.165, 1.54) is 19.3 Å². The van der Waals surface area contributed by atoms with Crippen molar-refractivity contribution in [1.82, 2.24) is 9.80 Å². The van der Waals surface area contributed by atoms with Gasteiger partial charge in [0.15, 0.2) is 6.19 Å². The SMILES string of the molecule is CN(C#N)CC1(N(C)C)CCC1. The van der Waals surface area contributed by atoms with Crippen LogP contribution in [0, 0.1) is 11.5 Å². The third-order valence-electron chi connectivity index (χ3n) is 2.94. The van der Waals surface area contributed by atoms with Crippen molar-refractivity contribution in [2.45, 2.75) is 24.8 Å². The lowest BCUT2D eigenvalue weighted by Gasteiger charge is -2.48. The minimum Gasteiger partial charge on any atom is -0.312 e. The Kier molecular flexibility index (Phi) is 2.58. The van der Waals surface area contributed by atoms with Gasteiger partial charge in [0.25, 0.3) is 0 Å². The van der Waals surface area contributed by atoms with Crippen molar-refractivity contribution >= 4 is 0 Å². The van der Waals surface area contributed by atoms with Gasteiger partial charge in [0.2, 0.25) is 0 Å². The predicted molar refractivity (Wildman–Crippen MR) is 48.5 cm³/mol. The Hall–Kier alpha value is -0.750. The summed E-state index contributed by atoms with van der Waals surface area (Å²) in [5.74, 6) is 0. The molecule has 68 valence electrons. The smallest absolute Gasteiger partial charge is 0.179 e. The van der Waals surface area contributed by atoms with Gasteiger partial charge < -0.3 is 9.80 Å². The van der Waals surface area contributed by atoms with Crippen LogP contribution in [0.4, 0.5) is 0 Å². The van der Waals surface area contributed by atoms with Crippen molar-refractivity contribution < 1.29 is 0 Å².